The summed E-state index contributed by atoms with van der Waals surface area (Å²) in [5, 5.41) is 38.3. The van der Waals surface area contributed by atoms with Crippen molar-refractivity contribution < 1.29 is 63.0 Å². The number of aliphatic imine (C=N–C) groups is 1. The van der Waals surface area contributed by atoms with Gasteiger partial charge < -0.3 is 86.7 Å². The molecule has 0 bridgehead atoms. The van der Waals surface area contributed by atoms with Crippen LogP contribution in [0.3, 0.4) is 0 Å². The molecule has 8 atom stereocenters. The molecule has 30 heteroatoms. The number of likely N-dealkylation sites (tertiary alicyclic amines) is 1. The third-order valence-electron chi connectivity index (χ3n) is 12.2. The second kappa shape index (κ2) is 30.1. The molecule has 2 fully saturated rings. The molecule has 0 aliphatic carbocycles. The monoisotopic (exact) mass is 1110 g/mol. The van der Waals surface area contributed by atoms with Gasteiger partial charge >= 0.3 is 0 Å². The minimum atomic E-state index is -2.26. The maximum Gasteiger partial charge on any atom is 0.246 e. The number of aliphatic hydroxyl groups is 1. The number of nitrogens with two attached hydrogens (primary N) is 6. The quantitative estimate of drug-likeness (QED) is 0.0254. The molecule has 28 nitrogen and oxygen atoms in total. The number of aromatic hydroxyl groups is 1. The first-order valence-electron chi connectivity index (χ1n) is 24.3. The van der Waals surface area contributed by atoms with Crippen molar-refractivity contribution in [1.29, 1.82) is 0 Å². The van der Waals surface area contributed by atoms with Gasteiger partial charge in [-0.2, -0.15) is 0 Å². The molecule has 0 spiro atoms. The molecular formula is C47H67N15O13S2. The Morgan fingerprint density at radius 2 is 1.36 bits per heavy atom. The molecule has 77 heavy (non-hydrogen) atoms. The number of nitrogens with one attached hydrogen (secondary N) is 7. The van der Waals surface area contributed by atoms with Crippen molar-refractivity contribution in [3.63, 3.8) is 0 Å². The lowest BCUT2D eigenvalue weighted by Crippen LogP contribution is -2.66. The van der Waals surface area contributed by atoms with Crippen LogP contribution in [0.5, 0.6) is 5.75 Å². The Morgan fingerprint density at radius 1 is 0.766 bits per heavy atom. The summed E-state index contributed by atoms with van der Waals surface area (Å²) in [4.78, 5) is 155. The number of rotatable bonds is 20. The predicted octanol–water partition coefficient (Wildman–Crippen LogP) is -6.04. The number of aliphatic hydroxyl groups excluding tert-OH is 1. The van der Waals surface area contributed by atoms with Gasteiger partial charge in [-0.3, -0.25) is 57.7 Å². The molecule has 2 aliphatic heterocycles. The predicted molar refractivity (Wildman–Crippen MR) is 282 cm³/mol. The summed E-state index contributed by atoms with van der Waals surface area (Å²) < 4.78 is 0. The third-order valence-corrected chi connectivity index (χ3v) is 14.7. The van der Waals surface area contributed by atoms with Gasteiger partial charge in [0.1, 0.15) is 48.0 Å². The lowest BCUT2D eigenvalue weighted by molar-refractivity contribution is -0.142. The highest BCUT2D eigenvalue weighted by Crippen LogP contribution is 2.28. The number of guanidine groups is 1. The van der Waals surface area contributed by atoms with Crippen molar-refractivity contribution >= 4 is 92.5 Å². The van der Waals surface area contributed by atoms with E-state index >= 15 is 0 Å². The Kier molecular flexibility index (Phi) is 24.2. The summed E-state index contributed by atoms with van der Waals surface area (Å²) in [6.07, 6.45) is -1.64. The maximum absolute atomic E-state index is 14.4. The standard InChI is InChI=1S/C47H67N15O13S2/c48-21-37(67)55-29(8-4-16-54-46(52)53)44(74)62-17-5-9-34(62)43(73)60-33-22-76-77-24-47(23-63,45(51)75)61-42(72)31(19-26-10-12-27(64)13-11-26)58-39(69)30(18-25-6-2-1-3-7-25)57-38(68)28(14-15-35(49)65)56-40(70)32(20-36(50)66)59-41(33)71/h1-3,6-7,10-13,28-34,63-64H,4-5,8-9,14-24,48H2,(H2,49,65)(H2,50,66)(H2,51,75)(H,55,67)(H,56,70)(H,57,68)(H,58,69)(H,59,71)(H,60,73)(H,61,72)(H4,52,53,54)/t28-,29-,30-,31-,32-,33-,34-,47?/m0/s1. The van der Waals surface area contributed by atoms with Gasteiger partial charge in [0.25, 0.3) is 0 Å². The number of benzene rings is 2. The van der Waals surface area contributed by atoms with E-state index in [2.05, 4.69) is 42.2 Å². The lowest BCUT2D eigenvalue weighted by atomic mass is 9.99. The molecule has 420 valence electrons. The molecule has 4 rings (SSSR count). The largest absolute Gasteiger partial charge is 0.508 e. The average molecular weight is 1110 g/mol. The lowest BCUT2D eigenvalue weighted by Gasteiger charge is -2.32. The molecule has 2 aliphatic rings. The van der Waals surface area contributed by atoms with Crippen LogP contribution >= 0.6 is 21.6 Å². The topological polar surface area (TPSA) is 484 Å². The Labute approximate surface area is 450 Å². The summed E-state index contributed by atoms with van der Waals surface area (Å²) in [6.45, 7) is -1.37. The van der Waals surface area contributed by atoms with Crippen molar-refractivity contribution in [3.8, 4) is 5.75 Å². The highest BCUT2D eigenvalue weighted by atomic mass is 33.1. The number of hydrogen-bond acceptors (Lipinski definition) is 17. The van der Waals surface area contributed by atoms with Crippen LogP contribution in [0.1, 0.15) is 56.1 Å². The van der Waals surface area contributed by atoms with Crippen molar-refractivity contribution in [3.05, 3.63) is 65.7 Å². The fourth-order valence-corrected chi connectivity index (χ4v) is 10.7. The number of carbonyl (C=O) groups excluding carboxylic acids is 11. The number of primary amides is 3. The van der Waals surface area contributed by atoms with Crippen LogP contribution in [0, 0.1) is 0 Å². The molecule has 2 heterocycles. The third kappa shape index (κ3) is 19.4. The van der Waals surface area contributed by atoms with Crippen molar-refractivity contribution in [2.75, 3.05) is 37.7 Å². The van der Waals surface area contributed by atoms with E-state index in [0.717, 1.165) is 21.6 Å². The zero-order valence-corrected chi connectivity index (χ0v) is 43.5. The van der Waals surface area contributed by atoms with Crippen LogP contribution < -0.4 is 71.6 Å². The first-order chi connectivity index (χ1) is 36.6. The van der Waals surface area contributed by atoms with Gasteiger partial charge in [0.2, 0.25) is 65.0 Å². The van der Waals surface area contributed by atoms with Gasteiger partial charge in [-0.15, -0.1) is 0 Å². The second-order valence-corrected chi connectivity index (χ2v) is 20.7. The number of nitrogens with zero attached hydrogens (tertiary/aromatic N) is 2. The SMILES string of the molecule is NCC(=O)N[C@@H](CCCN=C(N)N)C(=O)N1CCC[C@H]1C(=O)N[C@H]1CSSCC(CO)(C(N)=O)NC(=O)[C@H](Cc2ccc(O)cc2)NC(=O)[C@H](Cc2ccccc2)NC(=O)[C@H](CCC(N)=O)NC(=O)[C@H](CC(N)=O)NC1=O. The van der Waals surface area contributed by atoms with Crippen LogP contribution in [0.15, 0.2) is 59.6 Å². The number of carbonyl (C=O) groups is 11. The molecule has 0 saturated carbocycles. The molecule has 2 saturated heterocycles. The van der Waals surface area contributed by atoms with E-state index in [0.29, 0.717) is 17.5 Å². The average Bonchev–Trinajstić information content (AvgIpc) is 3.89. The normalized spacial score (nSPS) is 23.3. The summed E-state index contributed by atoms with van der Waals surface area (Å²) in [6, 6.07) is 3.19. The van der Waals surface area contributed by atoms with E-state index in [1.165, 1.54) is 29.2 Å². The van der Waals surface area contributed by atoms with Crippen LogP contribution in [-0.4, -0.2) is 172 Å². The molecule has 1 unspecified atom stereocenters. The Bertz CT molecular complexity index is 2490. The van der Waals surface area contributed by atoms with Gasteiger partial charge in [-0.05, 0) is 55.4 Å². The van der Waals surface area contributed by atoms with E-state index in [9.17, 15) is 63.0 Å². The van der Waals surface area contributed by atoms with E-state index in [1.807, 2.05) is 0 Å². The molecule has 21 N–H and O–H groups in total. The highest BCUT2D eigenvalue weighted by Gasteiger charge is 2.43. The van der Waals surface area contributed by atoms with E-state index < -0.39 is 157 Å². The zero-order chi connectivity index (χ0) is 56.8. The maximum atomic E-state index is 14.4. The number of phenols is 1. The number of phenolic OH excluding ortho intramolecular Hbond substituents is 1. The summed E-state index contributed by atoms with van der Waals surface area (Å²) >= 11 is 0. The van der Waals surface area contributed by atoms with Gasteiger partial charge in [0, 0.05) is 43.9 Å². The zero-order valence-electron chi connectivity index (χ0n) is 41.9. The Hall–Kier alpha value is -7.70. The van der Waals surface area contributed by atoms with Gasteiger partial charge in [0.15, 0.2) is 11.5 Å². The molecule has 2 aromatic rings. The van der Waals surface area contributed by atoms with Crippen LogP contribution in [0.4, 0.5) is 0 Å². The summed E-state index contributed by atoms with van der Waals surface area (Å²) in [7, 11) is 1.63. The smallest absolute Gasteiger partial charge is 0.246 e. The Morgan fingerprint density at radius 3 is 1.96 bits per heavy atom. The molecule has 11 amide bonds. The first-order valence-corrected chi connectivity index (χ1v) is 26.8. The van der Waals surface area contributed by atoms with Gasteiger partial charge in [-0.25, -0.2) is 0 Å². The van der Waals surface area contributed by atoms with Crippen LogP contribution in [0.2, 0.25) is 0 Å². The minimum absolute atomic E-state index is 0.0442. The number of hydrogen-bond donors (Lipinski definition) is 15. The van der Waals surface area contributed by atoms with Crippen molar-refractivity contribution in [2.45, 2.75) is 106 Å². The highest BCUT2D eigenvalue weighted by molar-refractivity contribution is 8.76. The van der Waals surface area contributed by atoms with Gasteiger partial charge in [0.05, 0.1) is 19.6 Å². The Balaban J connectivity index is 1.78. The molecule has 0 radical (unpaired) electrons. The summed E-state index contributed by atoms with van der Waals surface area (Å²) in [5.74, 6) is -11.9. The van der Waals surface area contributed by atoms with Crippen LogP contribution in [0.25, 0.3) is 0 Å². The fourth-order valence-electron chi connectivity index (χ4n) is 8.07. The van der Waals surface area contributed by atoms with E-state index in [1.54, 1.807) is 30.3 Å². The van der Waals surface area contributed by atoms with Gasteiger partial charge in [-0.1, -0.05) is 64.1 Å². The molecule has 2 aromatic carbocycles. The van der Waals surface area contributed by atoms with Crippen molar-refractivity contribution in [2.24, 2.45) is 39.4 Å². The van der Waals surface area contributed by atoms with Crippen molar-refractivity contribution in [1.82, 2.24) is 42.1 Å². The summed E-state index contributed by atoms with van der Waals surface area (Å²) in [5.41, 5.74) is 31.8. The van der Waals surface area contributed by atoms with Crippen LogP contribution in [-0.2, 0) is 65.6 Å². The fraction of sp³-hybridized carbons (Fsp3) is 0.489. The minimum Gasteiger partial charge on any atom is -0.508 e. The first kappa shape index (κ1) is 61.8. The van der Waals surface area contributed by atoms with E-state index in [4.69, 9.17) is 34.4 Å². The van der Waals surface area contributed by atoms with E-state index in [-0.39, 0.29) is 56.9 Å². The molecular weight excluding hydrogens is 1050 g/mol. The molecule has 0 aromatic heterocycles. The second-order valence-electron chi connectivity index (χ2n) is 18.1. The number of amides is 11.